The fraction of sp³-hybridized carbons (Fsp3) is 0.222. The smallest absolute Gasteiger partial charge is 0.237 e. The number of Topliss-reactive ketones (excluding diaryl/α,β-unsaturated/α-hetero) is 2. The van der Waals surface area contributed by atoms with E-state index in [0.717, 1.165) is 24.0 Å². The normalized spacial score (nSPS) is 10.5. The zero-order valence-electron chi connectivity index (χ0n) is 12.6. The average Bonchev–Trinajstić information content (AvgIpc) is 2.53. The molecule has 0 saturated heterocycles. The fourth-order valence-corrected chi connectivity index (χ4v) is 2.22. The Bertz CT molecular complexity index is 668. The van der Waals surface area contributed by atoms with Gasteiger partial charge in [0.15, 0.2) is 0 Å². The Morgan fingerprint density at radius 1 is 0.773 bits per heavy atom. The molecule has 0 bridgehead atoms. The van der Waals surface area contributed by atoms with E-state index in [1.165, 1.54) is 24.3 Å². The van der Waals surface area contributed by atoms with Gasteiger partial charge in [0.05, 0.1) is 11.1 Å². The van der Waals surface area contributed by atoms with E-state index < -0.39 is 11.6 Å². The van der Waals surface area contributed by atoms with Crippen molar-refractivity contribution in [3.05, 3.63) is 58.7 Å². The van der Waals surface area contributed by atoms with E-state index in [0.29, 0.717) is 0 Å². The second kappa shape index (κ2) is 6.43. The van der Waals surface area contributed by atoms with Crippen LogP contribution in [-0.2, 0) is 12.8 Å². The minimum Gasteiger partial charge on any atom is -0.507 e. The maximum absolute atomic E-state index is 12.3. The first kappa shape index (κ1) is 15.8. The summed E-state index contributed by atoms with van der Waals surface area (Å²) in [5, 5.41) is 19.8. The van der Waals surface area contributed by atoms with E-state index in [4.69, 9.17) is 0 Å². The first-order valence-corrected chi connectivity index (χ1v) is 7.20. The number of aryl methyl sites for hydroxylation is 2. The summed E-state index contributed by atoms with van der Waals surface area (Å²) in [6.07, 6.45) is 1.44. The van der Waals surface area contributed by atoms with Crippen LogP contribution in [0.4, 0.5) is 0 Å². The maximum Gasteiger partial charge on any atom is 0.237 e. The Hall–Kier alpha value is -2.62. The van der Waals surface area contributed by atoms with Crippen molar-refractivity contribution in [2.45, 2.75) is 26.7 Å². The topological polar surface area (TPSA) is 74.6 Å². The highest BCUT2D eigenvalue weighted by molar-refractivity contribution is 6.50. The Labute approximate surface area is 129 Å². The molecule has 0 aliphatic rings. The molecular weight excluding hydrogens is 280 g/mol. The zero-order valence-corrected chi connectivity index (χ0v) is 12.6. The van der Waals surface area contributed by atoms with Crippen LogP contribution in [-0.4, -0.2) is 21.8 Å². The van der Waals surface area contributed by atoms with Gasteiger partial charge in [0, 0.05) is 0 Å². The van der Waals surface area contributed by atoms with Crippen molar-refractivity contribution in [3.63, 3.8) is 0 Å². The third-order valence-corrected chi connectivity index (χ3v) is 3.64. The molecule has 22 heavy (non-hydrogen) atoms. The number of rotatable bonds is 5. The van der Waals surface area contributed by atoms with Crippen molar-refractivity contribution < 1.29 is 19.8 Å². The van der Waals surface area contributed by atoms with Crippen molar-refractivity contribution in [3.8, 4) is 11.5 Å². The highest BCUT2D eigenvalue weighted by Crippen LogP contribution is 2.25. The molecule has 2 aromatic rings. The molecule has 0 unspecified atom stereocenters. The van der Waals surface area contributed by atoms with Crippen LogP contribution in [0.1, 0.15) is 45.7 Å². The minimum absolute atomic E-state index is 0.0545. The Balaban J connectivity index is 2.35. The van der Waals surface area contributed by atoms with Crippen LogP contribution in [0.25, 0.3) is 0 Å². The molecule has 2 aromatic carbocycles. The van der Waals surface area contributed by atoms with E-state index in [9.17, 15) is 19.8 Å². The summed E-state index contributed by atoms with van der Waals surface area (Å²) in [5.74, 6) is -2.11. The molecule has 0 atom stereocenters. The fourth-order valence-electron chi connectivity index (χ4n) is 2.22. The highest BCUT2D eigenvalue weighted by Gasteiger charge is 2.23. The Morgan fingerprint density at radius 3 is 1.41 bits per heavy atom. The Morgan fingerprint density at radius 2 is 1.14 bits per heavy atom. The van der Waals surface area contributed by atoms with Gasteiger partial charge in [0.25, 0.3) is 0 Å². The van der Waals surface area contributed by atoms with Crippen LogP contribution >= 0.6 is 0 Å². The summed E-state index contributed by atoms with van der Waals surface area (Å²) in [4.78, 5) is 24.5. The molecule has 114 valence electrons. The van der Waals surface area contributed by atoms with Crippen molar-refractivity contribution >= 4 is 11.6 Å². The first-order chi connectivity index (χ1) is 10.5. The first-order valence-electron chi connectivity index (χ1n) is 7.20. The van der Waals surface area contributed by atoms with Crippen molar-refractivity contribution in [1.82, 2.24) is 0 Å². The van der Waals surface area contributed by atoms with E-state index in [-0.39, 0.29) is 22.6 Å². The molecule has 0 radical (unpaired) electrons. The number of hydrogen-bond acceptors (Lipinski definition) is 4. The number of phenols is 2. The third-order valence-electron chi connectivity index (χ3n) is 3.64. The molecule has 0 saturated carbocycles. The zero-order chi connectivity index (χ0) is 16.3. The minimum atomic E-state index is -0.834. The lowest BCUT2D eigenvalue weighted by Crippen LogP contribution is -2.15. The van der Waals surface area contributed by atoms with E-state index in [2.05, 4.69) is 0 Å². The van der Waals surface area contributed by atoms with Gasteiger partial charge in [0.2, 0.25) is 11.6 Å². The molecule has 2 N–H and O–H groups in total. The molecular formula is C18H18O4. The molecule has 0 amide bonds. The number of aromatic hydroxyl groups is 2. The van der Waals surface area contributed by atoms with Gasteiger partial charge in [-0.05, 0) is 48.2 Å². The summed E-state index contributed by atoms with van der Waals surface area (Å²) in [6, 6.07) is 9.21. The second-order valence-corrected chi connectivity index (χ2v) is 5.07. The molecule has 0 fully saturated rings. The number of hydrogen-bond donors (Lipinski definition) is 2. The molecule has 0 aromatic heterocycles. The van der Waals surface area contributed by atoms with Crippen LogP contribution in [0, 0.1) is 0 Å². The predicted octanol–water partition coefficient (Wildman–Crippen LogP) is 3.29. The van der Waals surface area contributed by atoms with Crippen LogP contribution in [0.3, 0.4) is 0 Å². The van der Waals surface area contributed by atoms with Gasteiger partial charge in [-0.2, -0.15) is 0 Å². The van der Waals surface area contributed by atoms with E-state index in [1.807, 2.05) is 13.8 Å². The molecule has 4 nitrogen and oxygen atoms in total. The SMILES string of the molecule is CCc1ccc(C(=O)C(=O)c2ccc(CC)cc2O)c(O)c1. The van der Waals surface area contributed by atoms with Gasteiger partial charge in [-0.3, -0.25) is 9.59 Å². The largest absolute Gasteiger partial charge is 0.507 e. The molecule has 0 spiro atoms. The van der Waals surface area contributed by atoms with E-state index in [1.54, 1.807) is 12.1 Å². The van der Waals surface area contributed by atoms with Gasteiger partial charge in [-0.1, -0.05) is 26.0 Å². The maximum atomic E-state index is 12.3. The highest BCUT2D eigenvalue weighted by atomic mass is 16.3. The van der Waals surface area contributed by atoms with Gasteiger partial charge in [0.1, 0.15) is 11.5 Å². The second-order valence-electron chi connectivity index (χ2n) is 5.07. The summed E-state index contributed by atoms with van der Waals surface area (Å²) in [7, 11) is 0. The number of benzene rings is 2. The van der Waals surface area contributed by atoms with Crippen LogP contribution in [0.5, 0.6) is 11.5 Å². The molecule has 2 rings (SSSR count). The standard InChI is InChI=1S/C18H18O4/c1-3-11-5-7-13(15(19)9-11)17(21)18(22)14-8-6-12(4-2)10-16(14)20/h5-10,19-20H,3-4H2,1-2H3. The molecule has 0 aliphatic carbocycles. The van der Waals surface area contributed by atoms with Gasteiger partial charge in [-0.25, -0.2) is 0 Å². The lowest BCUT2D eigenvalue weighted by Gasteiger charge is -2.07. The molecule has 0 aliphatic heterocycles. The van der Waals surface area contributed by atoms with Gasteiger partial charge < -0.3 is 10.2 Å². The third kappa shape index (κ3) is 3.01. The van der Waals surface area contributed by atoms with Crippen molar-refractivity contribution in [2.24, 2.45) is 0 Å². The van der Waals surface area contributed by atoms with Crippen molar-refractivity contribution in [2.75, 3.05) is 0 Å². The number of carbonyl (C=O) groups excluding carboxylic acids is 2. The summed E-state index contributed by atoms with van der Waals surface area (Å²) in [5.41, 5.74) is 1.63. The number of ketones is 2. The quantitative estimate of drug-likeness (QED) is 0.656. The van der Waals surface area contributed by atoms with Crippen LogP contribution < -0.4 is 0 Å². The van der Waals surface area contributed by atoms with Gasteiger partial charge in [-0.15, -0.1) is 0 Å². The predicted molar refractivity (Wildman–Crippen MR) is 83.6 cm³/mol. The summed E-state index contributed by atoms with van der Waals surface area (Å²) in [6.45, 7) is 3.85. The number of phenolic OH excluding ortho intramolecular Hbond substituents is 2. The van der Waals surface area contributed by atoms with Gasteiger partial charge >= 0.3 is 0 Å². The lowest BCUT2D eigenvalue weighted by molar-refractivity contribution is 0.0813. The van der Waals surface area contributed by atoms with Crippen molar-refractivity contribution in [1.29, 1.82) is 0 Å². The van der Waals surface area contributed by atoms with Crippen LogP contribution in [0.15, 0.2) is 36.4 Å². The van der Waals surface area contributed by atoms with E-state index >= 15 is 0 Å². The molecule has 4 heteroatoms. The summed E-state index contributed by atoms with van der Waals surface area (Å²) >= 11 is 0. The van der Waals surface area contributed by atoms with Crippen LogP contribution in [0.2, 0.25) is 0 Å². The number of carbonyl (C=O) groups is 2. The Kier molecular flexibility index (Phi) is 4.61. The molecule has 0 heterocycles. The lowest BCUT2D eigenvalue weighted by atomic mass is 9.97. The summed E-state index contributed by atoms with van der Waals surface area (Å²) < 4.78 is 0. The average molecular weight is 298 g/mol. The monoisotopic (exact) mass is 298 g/mol.